The van der Waals surface area contributed by atoms with Crippen LogP contribution < -0.4 is 10.6 Å². The molecule has 0 aromatic heterocycles. The first-order chi connectivity index (χ1) is 29.5. The second kappa shape index (κ2) is 51.2. The van der Waals surface area contributed by atoms with Crippen LogP contribution in [-0.2, 0) is 9.59 Å². The number of amides is 2. The number of carbonyl (C=O) groups excluding carboxylic acids is 2. The van der Waals surface area contributed by atoms with Crippen molar-refractivity contribution in [1.29, 1.82) is 0 Å². The maximum absolute atomic E-state index is 12.2. The van der Waals surface area contributed by atoms with Crippen LogP contribution in [-0.4, -0.2) is 86.0 Å². The van der Waals surface area contributed by atoms with Gasteiger partial charge in [0.2, 0.25) is 11.8 Å². The summed E-state index contributed by atoms with van der Waals surface area (Å²) in [5.41, 5.74) is 0. The van der Waals surface area contributed by atoms with Crippen molar-refractivity contribution in [3.05, 3.63) is 0 Å². The quantitative estimate of drug-likeness (QED) is 0.0469. The molecule has 0 saturated carbocycles. The maximum atomic E-state index is 12.2. The fourth-order valence-electron chi connectivity index (χ4n) is 8.14. The fourth-order valence-corrected chi connectivity index (χ4v) is 10.4. The number of carbonyl (C=O) groups is 2. The molecule has 6 nitrogen and oxygen atoms in total. The number of hydrogen-bond acceptors (Lipinski definition) is 6. The molecule has 2 N–H and O–H groups in total. The highest BCUT2D eigenvalue weighted by molar-refractivity contribution is 8.76. The Balaban J connectivity index is 3.25. The largest absolute Gasteiger partial charge is 0.356 e. The number of nitrogens with zero attached hydrogens (tertiary/aromatic N) is 2. The molecule has 0 fully saturated rings. The lowest BCUT2D eigenvalue weighted by Gasteiger charge is -2.17. The summed E-state index contributed by atoms with van der Waals surface area (Å²) in [6.45, 7) is 14.7. The van der Waals surface area contributed by atoms with Crippen LogP contribution in [0.2, 0.25) is 0 Å². The van der Waals surface area contributed by atoms with Crippen molar-refractivity contribution < 1.29 is 9.59 Å². The van der Waals surface area contributed by atoms with Gasteiger partial charge in [0, 0.05) is 37.4 Å². The minimum Gasteiger partial charge on any atom is -0.356 e. The second-order valence-corrected chi connectivity index (χ2v) is 20.9. The first kappa shape index (κ1) is 59.6. The van der Waals surface area contributed by atoms with Crippen LogP contribution in [0.1, 0.15) is 258 Å². The Labute approximate surface area is 384 Å². The summed E-state index contributed by atoms with van der Waals surface area (Å²) < 4.78 is 0. The Morgan fingerprint density at radius 2 is 0.667 bits per heavy atom. The maximum Gasteiger partial charge on any atom is 0.219 e. The molecule has 0 unspecified atom stereocenters. The Hall–Kier alpha value is -0.440. The van der Waals surface area contributed by atoms with Gasteiger partial charge in [0.15, 0.2) is 0 Å². The number of hydrogen-bond donors (Lipinski definition) is 2. The van der Waals surface area contributed by atoms with Gasteiger partial charge in [-0.1, -0.05) is 209 Å². The normalized spacial score (nSPS) is 11.6. The highest BCUT2D eigenvalue weighted by Crippen LogP contribution is 2.24. The fraction of sp³-hybridized carbons (Fsp3) is 0.962. The molecular formula is C52H106N4O2S2. The Kier molecular flexibility index (Phi) is 50.8. The third-order valence-electron chi connectivity index (χ3n) is 12.4. The van der Waals surface area contributed by atoms with Gasteiger partial charge in [-0.05, 0) is 97.6 Å². The highest BCUT2D eigenvalue weighted by Gasteiger charge is 2.04. The van der Waals surface area contributed by atoms with E-state index in [0.29, 0.717) is 12.8 Å². The first-order valence-corrected chi connectivity index (χ1v) is 29.2. The van der Waals surface area contributed by atoms with E-state index >= 15 is 0 Å². The van der Waals surface area contributed by atoms with E-state index < -0.39 is 0 Å². The molecule has 0 bridgehead atoms. The predicted molar refractivity (Wildman–Crippen MR) is 273 cm³/mol. The lowest BCUT2D eigenvalue weighted by Crippen LogP contribution is -2.24. The SMILES string of the molecule is CCCCCN(C)CCCCCCCCCCCCCCCC(=O)NCCCCCSSCCCCCNC(=O)CCCCCCCCCCCCCCCN(CC)CC. The molecule has 60 heavy (non-hydrogen) atoms. The Morgan fingerprint density at radius 3 is 1.02 bits per heavy atom. The standard InChI is InChI=1S/C52H106N4O2S2/c1-5-8-37-46-55(4)47-38-29-25-21-17-13-9-11-15-19-23-27-33-42-51(57)53-44-35-31-40-49-59-60-50-41-32-36-45-54-52(58)43-34-28-24-20-16-12-10-14-18-22-26-30-39-48-56(6-2)7-3/h5-50H2,1-4H3,(H,53,57)(H,54,58). The molecule has 0 aliphatic heterocycles. The van der Waals surface area contributed by atoms with Crippen molar-refractivity contribution in [1.82, 2.24) is 20.4 Å². The minimum absolute atomic E-state index is 0.248. The Morgan fingerprint density at radius 1 is 0.367 bits per heavy atom. The van der Waals surface area contributed by atoms with E-state index in [4.69, 9.17) is 0 Å². The first-order valence-electron chi connectivity index (χ1n) is 26.7. The summed E-state index contributed by atoms with van der Waals surface area (Å²) in [5, 5.41) is 6.28. The van der Waals surface area contributed by atoms with E-state index in [1.165, 1.54) is 243 Å². The number of nitrogens with one attached hydrogen (secondary N) is 2. The summed E-state index contributed by atoms with van der Waals surface area (Å²) in [5.74, 6) is 2.89. The van der Waals surface area contributed by atoms with Gasteiger partial charge in [0.25, 0.3) is 0 Å². The molecule has 0 aliphatic rings. The van der Waals surface area contributed by atoms with Crippen molar-refractivity contribution >= 4 is 33.4 Å². The summed E-state index contributed by atoms with van der Waals surface area (Å²) in [7, 11) is 6.28. The zero-order valence-corrected chi connectivity index (χ0v) is 42.7. The number of rotatable bonds is 51. The lowest BCUT2D eigenvalue weighted by molar-refractivity contribution is -0.122. The zero-order valence-electron chi connectivity index (χ0n) is 41.1. The lowest BCUT2D eigenvalue weighted by atomic mass is 10.0. The molecule has 8 heteroatoms. The van der Waals surface area contributed by atoms with Crippen LogP contribution in [0, 0.1) is 0 Å². The van der Waals surface area contributed by atoms with Gasteiger partial charge in [-0.3, -0.25) is 9.59 Å². The molecule has 0 radical (unpaired) electrons. The average molecular weight is 884 g/mol. The predicted octanol–water partition coefficient (Wildman–Crippen LogP) is 15.3. The molecule has 0 heterocycles. The van der Waals surface area contributed by atoms with Crippen LogP contribution >= 0.6 is 21.6 Å². The van der Waals surface area contributed by atoms with Gasteiger partial charge in [-0.15, -0.1) is 0 Å². The van der Waals surface area contributed by atoms with Crippen LogP contribution in [0.4, 0.5) is 0 Å². The van der Waals surface area contributed by atoms with Crippen LogP contribution in [0.25, 0.3) is 0 Å². The van der Waals surface area contributed by atoms with Crippen molar-refractivity contribution in [2.45, 2.75) is 258 Å². The van der Waals surface area contributed by atoms with E-state index in [2.05, 4.69) is 48.3 Å². The summed E-state index contributed by atoms with van der Waals surface area (Å²) >= 11 is 0. The van der Waals surface area contributed by atoms with E-state index in [1.807, 2.05) is 21.6 Å². The van der Waals surface area contributed by atoms with Gasteiger partial charge in [0.1, 0.15) is 0 Å². The molecule has 0 spiro atoms. The molecule has 2 amide bonds. The molecule has 0 aromatic rings. The molecular weight excluding hydrogens is 777 g/mol. The molecule has 0 aromatic carbocycles. The Bertz CT molecular complexity index is 862. The van der Waals surface area contributed by atoms with Gasteiger partial charge in [-0.2, -0.15) is 0 Å². The molecule has 0 saturated heterocycles. The monoisotopic (exact) mass is 883 g/mol. The third-order valence-corrected chi connectivity index (χ3v) is 15.0. The molecule has 0 rings (SSSR count). The second-order valence-electron chi connectivity index (χ2n) is 18.2. The summed E-state index contributed by atoms with van der Waals surface area (Å²) in [6.07, 6.45) is 47.4. The molecule has 0 atom stereocenters. The van der Waals surface area contributed by atoms with Crippen molar-refractivity contribution in [3.8, 4) is 0 Å². The topological polar surface area (TPSA) is 64.7 Å². The van der Waals surface area contributed by atoms with Crippen LogP contribution in [0.15, 0.2) is 0 Å². The van der Waals surface area contributed by atoms with E-state index in [9.17, 15) is 9.59 Å². The van der Waals surface area contributed by atoms with Gasteiger partial charge in [0.05, 0.1) is 0 Å². The zero-order chi connectivity index (χ0) is 43.7. The summed E-state index contributed by atoms with van der Waals surface area (Å²) in [6, 6.07) is 0. The average Bonchev–Trinajstić information content (AvgIpc) is 3.25. The highest BCUT2D eigenvalue weighted by atomic mass is 33.1. The smallest absolute Gasteiger partial charge is 0.219 e. The van der Waals surface area contributed by atoms with Gasteiger partial charge >= 0.3 is 0 Å². The summed E-state index contributed by atoms with van der Waals surface area (Å²) in [4.78, 5) is 29.4. The molecule has 358 valence electrons. The van der Waals surface area contributed by atoms with Gasteiger partial charge < -0.3 is 20.4 Å². The van der Waals surface area contributed by atoms with E-state index in [0.717, 1.165) is 38.8 Å². The van der Waals surface area contributed by atoms with E-state index in [-0.39, 0.29) is 11.8 Å². The molecule has 0 aliphatic carbocycles. The van der Waals surface area contributed by atoms with Gasteiger partial charge in [-0.25, -0.2) is 0 Å². The third kappa shape index (κ3) is 48.6. The number of unbranched alkanes of at least 4 members (excludes halogenated alkanes) is 30. The van der Waals surface area contributed by atoms with E-state index in [1.54, 1.807) is 0 Å². The van der Waals surface area contributed by atoms with Crippen molar-refractivity contribution in [2.75, 3.05) is 64.4 Å². The van der Waals surface area contributed by atoms with Crippen LogP contribution in [0.3, 0.4) is 0 Å². The van der Waals surface area contributed by atoms with Crippen molar-refractivity contribution in [3.63, 3.8) is 0 Å². The van der Waals surface area contributed by atoms with Crippen molar-refractivity contribution in [2.24, 2.45) is 0 Å². The minimum atomic E-state index is 0.248. The van der Waals surface area contributed by atoms with Crippen LogP contribution in [0.5, 0.6) is 0 Å².